The lowest BCUT2D eigenvalue weighted by atomic mass is 10.0. The zero-order valence-corrected chi connectivity index (χ0v) is 15.5. The molecule has 138 valence electrons. The number of nitrogens with one attached hydrogen (secondary N) is 1. The number of thiophene rings is 1. The van der Waals surface area contributed by atoms with Gasteiger partial charge < -0.3 is 20.4 Å². The molecule has 0 saturated carbocycles. The molecule has 1 fully saturated rings. The van der Waals surface area contributed by atoms with Crippen molar-refractivity contribution in [1.82, 2.24) is 10.2 Å². The molecule has 2 heterocycles. The molecule has 0 bridgehead atoms. The highest BCUT2D eigenvalue weighted by molar-refractivity contribution is 7.17. The van der Waals surface area contributed by atoms with Crippen LogP contribution >= 0.6 is 22.9 Å². The van der Waals surface area contributed by atoms with Gasteiger partial charge in [-0.05, 0) is 36.2 Å². The van der Waals surface area contributed by atoms with E-state index in [0.717, 1.165) is 10.4 Å². The zero-order chi connectivity index (χ0) is 18.7. The molecule has 1 aliphatic rings. The van der Waals surface area contributed by atoms with Gasteiger partial charge in [-0.3, -0.25) is 9.59 Å². The van der Waals surface area contributed by atoms with Gasteiger partial charge in [0.05, 0.1) is 11.0 Å². The minimum atomic E-state index is -0.715. The van der Waals surface area contributed by atoms with Gasteiger partial charge >= 0.3 is 0 Å². The van der Waals surface area contributed by atoms with Gasteiger partial charge in [-0.15, -0.1) is 11.3 Å². The predicted molar refractivity (Wildman–Crippen MR) is 100 cm³/mol. The number of likely N-dealkylation sites (tertiary alicyclic amines) is 1. The fourth-order valence-electron chi connectivity index (χ4n) is 2.99. The number of carbonyl (C=O) groups is 2. The van der Waals surface area contributed by atoms with Crippen LogP contribution in [-0.4, -0.2) is 58.8 Å². The van der Waals surface area contributed by atoms with E-state index in [1.165, 1.54) is 16.2 Å². The van der Waals surface area contributed by atoms with Crippen LogP contribution in [0.4, 0.5) is 0 Å². The minimum Gasteiger partial charge on any atom is -0.391 e. The van der Waals surface area contributed by atoms with Crippen LogP contribution in [0.3, 0.4) is 0 Å². The Hall–Kier alpha value is -1.93. The molecule has 3 rings (SSSR count). The molecular weight excluding hydrogens is 376 g/mol. The summed E-state index contributed by atoms with van der Waals surface area (Å²) in [6.07, 6.45) is -0.358. The lowest BCUT2D eigenvalue weighted by Gasteiger charge is -2.35. The second-order valence-corrected chi connectivity index (χ2v) is 7.71. The molecule has 1 aromatic carbocycles. The number of rotatable bonds is 4. The monoisotopic (exact) mass is 394 g/mol. The lowest BCUT2D eigenvalue weighted by molar-refractivity contribution is -0.125. The van der Waals surface area contributed by atoms with E-state index in [9.17, 15) is 14.7 Å². The fraction of sp³-hybridized carbons (Fsp3) is 0.333. The number of carbonyl (C=O) groups excluding carboxylic acids is 2. The maximum absolute atomic E-state index is 12.8. The smallest absolute Gasteiger partial charge is 0.264 e. The number of aliphatic hydroxyl groups excluding tert-OH is 2. The number of amides is 2. The number of benzene rings is 1. The molecule has 2 atom stereocenters. The van der Waals surface area contributed by atoms with E-state index in [0.29, 0.717) is 22.9 Å². The third-order valence-electron chi connectivity index (χ3n) is 4.17. The lowest BCUT2D eigenvalue weighted by Crippen LogP contribution is -2.54. The SMILES string of the molecule is O=C(CO)NC1CC(O)CN(C(=O)c2ccc(-c3ccc(Cl)cc3)s2)C1. The summed E-state index contributed by atoms with van der Waals surface area (Å²) in [4.78, 5) is 27.2. The molecule has 2 amide bonds. The van der Waals surface area contributed by atoms with Crippen LogP contribution in [0.1, 0.15) is 16.1 Å². The average Bonchev–Trinajstić information content (AvgIpc) is 3.11. The van der Waals surface area contributed by atoms with Crippen molar-refractivity contribution in [3.63, 3.8) is 0 Å². The molecule has 2 unspecified atom stereocenters. The summed E-state index contributed by atoms with van der Waals surface area (Å²) in [5, 5.41) is 22.1. The van der Waals surface area contributed by atoms with Crippen molar-refractivity contribution in [2.75, 3.05) is 19.7 Å². The Morgan fingerprint density at radius 2 is 1.92 bits per heavy atom. The van der Waals surface area contributed by atoms with Gasteiger partial charge in [0.2, 0.25) is 5.91 Å². The van der Waals surface area contributed by atoms with Gasteiger partial charge in [0.1, 0.15) is 6.61 Å². The van der Waals surface area contributed by atoms with E-state index >= 15 is 0 Å². The first kappa shape index (κ1) is 18.8. The molecule has 6 nitrogen and oxygen atoms in total. The average molecular weight is 395 g/mol. The van der Waals surface area contributed by atoms with Crippen LogP contribution in [0.15, 0.2) is 36.4 Å². The van der Waals surface area contributed by atoms with Crippen molar-refractivity contribution in [2.45, 2.75) is 18.6 Å². The molecule has 8 heteroatoms. The normalized spacial score (nSPS) is 20.0. The Kier molecular flexibility index (Phi) is 5.93. The number of β-amino-alcohol motifs (C(OH)–C–C–N with tert-alkyl or cyclic N) is 1. The van der Waals surface area contributed by atoms with Gasteiger partial charge in [0, 0.05) is 29.0 Å². The molecule has 2 aromatic rings. The quantitative estimate of drug-likeness (QED) is 0.737. The largest absolute Gasteiger partial charge is 0.391 e. The predicted octanol–water partition coefficient (Wildman–Crippen LogP) is 1.75. The molecule has 0 radical (unpaired) electrons. The topological polar surface area (TPSA) is 89.9 Å². The van der Waals surface area contributed by atoms with Crippen LogP contribution < -0.4 is 5.32 Å². The summed E-state index contributed by atoms with van der Waals surface area (Å²) in [5.74, 6) is -0.699. The Bertz CT molecular complexity index is 793. The standard InChI is InChI=1S/C18H19ClN2O4S/c19-12-3-1-11(2-4-12)15-5-6-16(26-15)18(25)21-8-13(7-14(23)9-21)20-17(24)10-22/h1-6,13-14,22-23H,7-10H2,(H,20,24). The summed E-state index contributed by atoms with van der Waals surface area (Å²) in [5.41, 5.74) is 0.977. The van der Waals surface area contributed by atoms with Crippen molar-refractivity contribution >= 4 is 34.8 Å². The molecule has 0 spiro atoms. The highest BCUT2D eigenvalue weighted by Crippen LogP contribution is 2.30. The Labute approximate surface area is 160 Å². The first-order valence-corrected chi connectivity index (χ1v) is 9.39. The number of nitrogens with zero attached hydrogens (tertiary/aromatic N) is 1. The maximum Gasteiger partial charge on any atom is 0.264 e. The summed E-state index contributed by atoms with van der Waals surface area (Å²) < 4.78 is 0. The number of piperidine rings is 1. The van der Waals surface area contributed by atoms with E-state index < -0.39 is 18.6 Å². The number of halogens is 1. The number of aliphatic hydroxyl groups is 2. The number of hydrogen-bond acceptors (Lipinski definition) is 5. The molecule has 26 heavy (non-hydrogen) atoms. The van der Waals surface area contributed by atoms with Crippen LogP contribution in [0.2, 0.25) is 5.02 Å². The van der Waals surface area contributed by atoms with Crippen molar-refractivity contribution in [3.8, 4) is 10.4 Å². The Morgan fingerprint density at radius 3 is 2.62 bits per heavy atom. The summed E-state index contributed by atoms with van der Waals surface area (Å²) in [6, 6.07) is 10.7. The van der Waals surface area contributed by atoms with Crippen molar-refractivity contribution in [1.29, 1.82) is 0 Å². The van der Waals surface area contributed by atoms with Crippen molar-refractivity contribution < 1.29 is 19.8 Å². The van der Waals surface area contributed by atoms with Gasteiger partial charge in [0.15, 0.2) is 0 Å². The molecule has 0 aliphatic carbocycles. The Morgan fingerprint density at radius 1 is 1.19 bits per heavy atom. The Balaban J connectivity index is 1.72. The van der Waals surface area contributed by atoms with E-state index in [4.69, 9.17) is 16.7 Å². The summed E-state index contributed by atoms with van der Waals surface area (Å²) >= 11 is 7.27. The third-order valence-corrected chi connectivity index (χ3v) is 5.54. The second-order valence-electron chi connectivity index (χ2n) is 6.19. The van der Waals surface area contributed by atoms with Gasteiger partial charge in [-0.2, -0.15) is 0 Å². The van der Waals surface area contributed by atoms with Gasteiger partial charge in [-0.25, -0.2) is 0 Å². The second kappa shape index (κ2) is 8.18. The summed E-state index contributed by atoms with van der Waals surface area (Å²) in [6.45, 7) is -0.0930. The van der Waals surface area contributed by atoms with Crippen LogP contribution in [-0.2, 0) is 4.79 Å². The van der Waals surface area contributed by atoms with Crippen LogP contribution in [0, 0.1) is 0 Å². The first-order chi connectivity index (χ1) is 12.5. The molecule has 1 aliphatic heterocycles. The first-order valence-electron chi connectivity index (χ1n) is 8.19. The van der Waals surface area contributed by atoms with Crippen molar-refractivity contribution in [3.05, 3.63) is 46.3 Å². The minimum absolute atomic E-state index is 0.183. The van der Waals surface area contributed by atoms with Crippen LogP contribution in [0.5, 0.6) is 0 Å². The van der Waals surface area contributed by atoms with Crippen LogP contribution in [0.25, 0.3) is 10.4 Å². The van der Waals surface area contributed by atoms with E-state index in [-0.39, 0.29) is 18.5 Å². The van der Waals surface area contributed by atoms with Gasteiger partial charge in [-0.1, -0.05) is 23.7 Å². The van der Waals surface area contributed by atoms with Crippen molar-refractivity contribution in [2.24, 2.45) is 0 Å². The molecule has 1 saturated heterocycles. The molecule has 3 N–H and O–H groups in total. The van der Waals surface area contributed by atoms with E-state index in [1.54, 1.807) is 18.2 Å². The fourth-order valence-corrected chi connectivity index (χ4v) is 4.10. The zero-order valence-electron chi connectivity index (χ0n) is 13.9. The highest BCUT2D eigenvalue weighted by atomic mass is 35.5. The number of hydrogen-bond donors (Lipinski definition) is 3. The van der Waals surface area contributed by atoms with E-state index in [2.05, 4.69) is 5.32 Å². The highest BCUT2D eigenvalue weighted by Gasteiger charge is 2.30. The maximum atomic E-state index is 12.8. The molecule has 1 aromatic heterocycles. The van der Waals surface area contributed by atoms with Gasteiger partial charge in [0.25, 0.3) is 5.91 Å². The third kappa shape index (κ3) is 4.42. The molecular formula is C18H19ClN2O4S. The summed E-state index contributed by atoms with van der Waals surface area (Å²) in [7, 11) is 0. The van der Waals surface area contributed by atoms with E-state index in [1.807, 2.05) is 18.2 Å².